The molecule has 90 valence electrons. The third-order valence-electron chi connectivity index (χ3n) is 2.64. The van der Waals surface area contributed by atoms with Gasteiger partial charge in [-0.1, -0.05) is 24.3 Å². The Bertz CT molecular complexity index is 425. The van der Waals surface area contributed by atoms with E-state index in [1.807, 2.05) is 13.8 Å². The van der Waals surface area contributed by atoms with Crippen LogP contribution in [0.5, 0.6) is 0 Å². The Morgan fingerprint density at radius 2 is 1.82 bits per heavy atom. The van der Waals surface area contributed by atoms with Gasteiger partial charge in [-0.3, -0.25) is 5.43 Å². The van der Waals surface area contributed by atoms with Crippen LogP contribution in [0.2, 0.25) is 0 Å². The molecule has 0 bridgehead atoms. The van der Waals surface area contributed by atoms with Crippen LogP contribution >= 0.6 is 12.2 Å². The fourth-order valence-corrected chi connectivity index (χ4v) is 2.19. The van der Waals surface area contributed by atoms with Gasteiger partial charge in [0, 0.05) is 24.6 Å². The molecule has 17 heavy (non-hydrogen) atoms. The highest BCUT2D eigenvalue weighted by molar-refractivity contribution is 7.80. The Morgan fingerprint density at radius 3 is 2.35 bits per heavy atom. The van der Waals surface area contributed by atoms with Crippen molar-refractivity contribution in [3.8, 4) is 0 Å². The Balaban J connectivity index is 1.92. The highest BCUT2D eigenvalue weighted by Gasteiger charge is 2.15. The minimum atomic E-state index is 0.330. The van der Waals surface area contributed by atoms with Crippen LogP contribution in [0.3, 0.4) is 0 Å². The Labute approximate surface area is 107 Å². The Hall–Kier alpha value is -1.42. The van der Waals surface area contributed by atoms with E-state index in [0.717, 1.165) is 18.6 Å². The number of hydrogen-bond acceptors (Lipinski definition) is 2. The van der Waals surface area contributed by atoms with Gasteiger partial charge >= 0.3 is 0 Å². The van der Waals surface area contributed by atoms with Gasteiger partial charge in [0.05, 0.1) is 0 Å². The normalized spacial score (nSPS) is 13.5. The van der Waals surface area contributed by atoms with Gasteiger partial charge in [-0.15, -0.1) is 0 Å². The number of hydrogen-bond donors (Lipinski definition) is 2. The number of fused-ring (bicyclic) bond motifs is 1. The van der Waals surface area contributed by atoms with Gasteiger partial charge in [-0.05, 0) is 37.2 Å². The molecule has 3 nitrogen and oxygen atoms in total. The molecule has 1 aliphatic rings. The zero-order valence-electron chi connectivity index (χ0n) is 10.2. The summed E-state index contributed by atoms with van der Waals surface area (Å²) in [5.41, 5.74) is 6.78. The Morgan fingerprint density at radius 1 is 1.24 bits per heavy atom. The number of thiocarbonyl (C=S) groups is 1. The first-order valence-corrected chi connectivity index (χ1v) is 6.24. The molecule has 0 saturated heterocycles. The lowest BCUT2D eigenvalue weighted by Gasteiger charge is -2.10. The molecular formula is C13H17N3S. The molecule has 0 spiro atoms. The van der Waals surface area contributed by atoms with Gasteiger partial charge in [0.15, 0.2) is 5.11 Å². The molecule has 2 rings (SSSR count). The summed E-state index contributed by atoms with van der Waals surface area (Å²) in [6.07, 6.45) is 1.85. The van der Waals surface area contributed by atoms with E-state index in [0.29, 0.717) is 11.2 Å². The molecule has 1 aromatic carbocycles. The molecule has 1 aromatic rings. The topological polar surface area (TPSA) is 36.4 Å². The maximum absolute atomic E-state index is 5.12. The van der Waals surface area contributed by atoms with E-state index in [-0.39, 0.29) is 0 Å². The van der Waals surface area contributed by atoms with Crippen LogP contribution in [0.1, 0.15) is 25.0 Å². The maximum Gasteiger partial charge on any atom is 0.187 e. The van der Waals surface area contributed by atoms with Crippen LogP contribution in [-0.2, 0) is 12.8 Å². The van der Waals surface area contributed by atoms with Crippen LogP contribution in [-0.4, -0.2) is 16.9 Å². The van der Waals surface area contributed by atoms with Gasteiger partial charge in [-0.25, -0.2) is 0 Å². The van der Waals surface area contributed by atoms with Crippen molar-refractivity contribution in [3.63, 3.8) is 0 Å². The molecule has 0 amide bonds. The van der Waals surface area contributed by atoms with E-state index < -0.39 is 0 Å². The van der Waals surface area contributed by atoms with Gasteiger partial charge in [0.1, 0.15) is 0 Å². The predicted octanol–water partition coefficient (Wildman–Crippen LogP) is 2.01. The lowest BCUT2D eigenvalue weighted by atomic mass is 10.1. The second-order valence-electron chi connectivity index (χ2n) is 4.54. The second kappa shape index (κ2) is 5.27. The van der Waals surface area contributed by atoms with Gasteiger partial charge < -0.3 is 5.32 Å². The molecule has 0 saturated carbocycles. The van der Waals surface area contributed by atoms with E-state index in [4.69, 9.17) is 12.2 Å². The summed E-state index contributed by atoms with van der Waals surface area (Å²) in [6, 6.07) is 8.78. The molecule has 0 atom stereocenters. The van der Waals surface area contributed by atoms with Crippen molar-refractivity contribution in [3.05, 3.63) is 35.4 Å². The second-order valence-corrected chi connectivity index (χ2v) is 4.95. The summed E-state index contributed by atoms with van der Waals surface area (Å²) in [5.74, 6) is 0. The standard InChI is InChI=1S/C13H17N3S/c1-9(2)14-13(17)16-15-12-7-10-5-3-4-6-11(10)8-12/h3-6,9H,7-8H2,1-2H3,(H2,14,16,17). The average Bonchev–Trinajstić information content (AvgIpc) is 2.68. The Kier molecular flexibility index (Phi) is 3.74. The van der Waals surface area contributed by atoms with E-state index in [1.54, 1.807) is 0 Å². The number of hydrazone groups is 1. The lowest BCUT2D eigenvalue weighted by Crippen LogP contribution is -2.37. The quantitative estimate of drug-likeness (QED) is 0.620. The van der Waals surface area contributed by atoms with E-state index in [2.05, 4.69) is 40.1 Å². The van der Waals surface area contributed by atoms with Crippen LogP contribution in [0.15, 0.2) is 29.4 Å². The van der Waals surface area contributed by atoms with E-state index in [9.17, 15) is 0 Å². The fourth-order valence-electron chi connectivity index (χ4n) is 1.91. The number of nitrogens with one attached hydrogen (secondary N) is 2. The molecule has 0 fully saturated rings. The van der Waals surface area contributed by atoms with Crippen molar-refractivity contribution in [2.45, 2.75) is 32.7 Å². The summed E-state index contributed by atoms with van der Waals surface area (Å²) >= 11 is 5.12. The van der Waals surface area contributed by atoms with Gasteiger partial charge in [0.25, 0.3) is 0 Å². The SMILES string of the molecule is CC(C)NC(=S)NN=C1Cc2ccccc2C1. The van der Waals surface area contributed by atoms with Crippen LogP contribution < -0.4 is 10.7 Å². The summed E-state index contributed by atoms with van der Waals surface area (Å²) < 4.78 is 0. The summed E-state index contributed by atoms with van der Waals surface area (Å²) in [4.78, 5) is 0. The minimum Gasteiger partial charge on any atom is -0.359 e. The van der Waals surface area contributed by atoms with Crippen molar-refractivity contribution in [1.82, 2.24) is 10.7 Å². The maximum atomic E-state index is 5.12. The first-order valence-electron chi connectivity index (χ1n) is 5.84. The lowest BCUT2D eigenvalue weighted by molar-refractivity contribution is 0.719. The average molecular weight is 247 g/mol. The molecule has 1 aliphatic carbocycles. The van der Waals surface area contributed by atoms with Crippen LogP contribution in [0.4, 0.5) is 0 Å². The first kappa shape index (κ1) is 12.0. The predicted molar refractivity (Wildman–Crippen MR) is 75.3 cm³/mol. The van der Waals surface area contributed by atoms with Crippen molar-refractivity contribution in [1.29, 1.82) is 0 Å². The highest BCUT2D eigenvalue weighted by Crippen LogP contribution is 2.19. The zero-order valence-corrected chi connectivity index (χ0v) is 11.0. The smallest absolute Gasteiger partial charge is 0.187 e. The van der Waals surface area contributed by atoms with Crippen molar-refractivity contribution in [2.24, 2.45) is 5.10 Å². The molecule has 4 heteroatoms. The zero-order chi connectivity index (χ0) is 12.3. The number of nitrogens with zero attached hydrogens (tertiary/aromatic N) is 1. The summed E-state index contributed by atoms with van der Waals surface area (Å²) in [5, 5.41) is 8.04. The monoisotopic (exact) mass is 247 g/mol. The minimum absolute atomic E-state index is 0.330. The molecule has 0 radical (unpaired) electrons. The van der Waals surface area contributed by atoms with E-state index in [1.165, 1.54) is 11.1 Å². The van der Waals surface area contributed by atoms with Crippen molar-refractivity contribution < 1.29 is 0 Å². The van der Waals surface area contributed by atoms with E-state index >= 15 is 0 Å². The van der Waals surface area contributed by atoms with Gasteiger partial charge in [-0.2, -0.15) is 5.10 Å². The molecule has 0 aliphatic heterocycles. The van der Waals surface area contributed by atoms with Crippen LogP contribution in [0, 0.1) is 0 Å². The third-order valence-corrected chi connectivity index (χ3v) is 2.85. The summed E-state index contributed by atoms with van der Waals surface area (Å²) in [6.45, 7) is 4.10. The molecule has 0 heterocycles. The van der Waals surface area contributed by atoms with Crippen molar-refractivity contribution in [2.75, 3.05) is 0 Å². The third kappa shape index (κ3) is 3.27. The first-order chi connectivity index (χ1) is 8.15. The number of rotatable bonds is 2. The molecule has 2 N–H and O–H groups in total. The van der Waals surface area contributed by atoms with Crippen LogP contribution in [0.25, 0.3) is 0 Å². The molecule has 0 aromatic heterocycles. The van der Waals surface area contributed by atoms with Crippen molar-refractivity contribution >= 4 is 23.0 Å². The molecule has 0 unspecified atom stereocenters. The van der Waals surface area contributed by atoms with Gasteiger partial charge in [0.2, 0.25) is 0 Å². The largest absolute Gasteiger partial charge is 0.359 e. The molecular weight excluding hydrogens is 230 g/mol. The number of benzene rings is 1. The fraction of sp³-hybridized carbons (Fsp3) is 0.385. The highest BCUT2D eigenvalue weighted by atomic mass is 32.1. The summed E-state index contributed by atoms with van der Waals surface area (Å²) in [7, 11) is 0.